The molecule has 0 aliphatic heterocycles. The summed E-state index contributed by atoms with van der Waals surface area (Å²) in [6.07, 6.45) is 1.01. The van der Waals surface area contributed by atoms with E-state index in [4.69, 9.17) is 14.0 Å². The molecule has 1 heterocycles. The van der Waals surface area contributed by atoms with Gasteiger partial charge in [-0.05, 0) is 51.3 Å². The van der Waals surface area contributed by atoms with E-state index in [0.717, 1.165) is 5.56 Å². The summed E-state index contributed by atoms with van der Waals surface area (Å²) in [5, 5.41) is 9.53. The highest BCUT2D eigenvalue weighted by atomic mass is 16.5. The Hall–Kier alpha value is -4.34. The summed E-state index contributed by atoms with van der Waals surface area (Å²) in [5.41, 5.74) is 1.36. The Labute approximate surface area is 241 Å². The predicted molar refractivity (Wildman–Crippen MR) is 157 cm³/mol. The number of hydrogen-bond acceptors (Lipinski definition) is 7. The van der Waals surface area contributed by atoms with Crippen molar-refractivity contribution in [1.82, 2.24) is 10.5 Å². The third-order valence-corrected chi connectivity index (χ3v) is 6.94. The van der Waals surface area contributed by atoms with E-state index in [-0.39, 0.29) is 24.6 Å². The monoisotopic (exact) mass is 564 g/mol. The number of amides is 3. The van der Waals surface area contributed by atoms with Gasteiger partial charge in [0, 0.05) is 35.7 Å². The fourth-order valence-electron chi connectivity index (χ4n) is 4.45. The van der Waals surface area contributed by atoms with E-state index in [1.54, 1.807) is 31.2 Å². The number of benzene rings is 2. The topological polar surface area (TPSA) is 123 Å². The molecule has 3 amide bonds. The van der Waals surface area contributed by atoms with Crippen LogP contribution < -0.4 is 25.0 Å². The van der Waals surface area contributed by atoms with Crippen molar-refractivity contribution < 1.29 is 28.4 Å². The van der Waals surface area contributed by atoms with E-state index in [1.165, 1.54) is 19.1 Å². The van der Waals surface area contributed by atoms with Gasteiger partial charge in [-0.1, -0.05) is 49.3 Å². The molecule has 0 saturated carbocycles. The molecule has 3 rings (SSSR count). The molecule has 0 aliphatic carbocycles. The number of aryl methyl sites for hydroxylation is 2. The van der Waals surface area contributed by atoms with E-state index >= 15 is 0 Å². The smallest absolute Gasteiger partial charge is 0.248 e. The van der Waals surface area contributed by atoms with Gasteiger partial charge in [0.2, 0.25) is 17.7 Å². The van der Waals surface area contributed by atoms with Crippen molar-refractivity contribution in [1.29, 1.82) is 0 Å². The average molecular weight is 565 g/mol. The van der Waals surface area contributed by atoms with Crippen LogP contribution >= 0.6 is 0 Å². The number of nitrogens with one attached hydrogen (secondary N) is 2. The summed E-state index contributed by atoms with van der Waals surface area (Å²) in [7, 11) is 3.01. The lowest BCUT2D eigenvalue weighted by atomic mass is 9.96. The first-order chi connectivity index (χ1) is 19.5. The van der Waals surface area contributed by atoms with Crippen molar-refractivity contribution >= 4 is 29.2 Å². The number of carbonyl (C=O) groups is 3. The first-order valence-corrected chi connectivity index (χ1v) is 13.7. The second kappa shape index (κ2) is 13.8. The lowest BCUT2D eigenvalue weighted by Crippen LogP contribution is -2.50. The Balaban J connectivity index is 2.11. The van der Waals surface area contributed by atoms with Crippen LogP contribution in [0.15, 0.2) is 53.1 Å². The SMILES string of the molecule is CCc1ccccc1N(C(=O)CCC(=O)Nc1cc(C)on1)C(C(=O)NC(C)(C)CC)c1cccc(OC)c1OC. The molecule has 0 aliphatic rings. The molecule has 0 spiro atoms. The van der Waals surface area contributed by atoms with Gasteiger partial charge in [-0.2, -0.15) is 0 Å². The summed E-state index contributed by atoms with van der Waals surface area (Å²) in [6, 6.07) is 13.1. The Morgan fingerprint density at radius 3 is 2.37 bits per heavy atom. The van der Waals surface area contributed by atoms with Crippen LogP contribution in [0.2, 0.25) is 0 Å². The molecule has 10 heteroatoms. The molecule has 10 nitrogen and oxygen atoms in total. The van der Waals surface area contributed by atoms with Gasteiger partial charge in [-0.25, -0.2) is 0 Å². The molecule has 1 unspecified atom stereocenters. The minimum absolute atomic E-state index is 0.125. The van der Waals surface area contributed by atoms with Crippen LogP contribution in [0, 0.1) is 6.92 Å². The van der Waals surface area contributed by atoms with Gasteiger partial charge in [-0.3, -0.25) is 19.3 Å². The zero-order valence-corrected chi connectivity index (χ0v) is 24.9. The second-order valence-corrected chi connectivity index (χ2v) is 10.3. The van der Waals surface area contributed by atoms with Crippen LogP contribution in [-0.4, -0.2) is 42.6 Å². The maximum absolute atomic E-state index is 14.2. The fourth-order valence-corrected chi connectivity index (χ4v) is 4.45. The molecule has 220 valence electrons. The number of aromatic nitrogens is 1. The van der Waals surface area contributed by atoms with E-state index < -0.39 is 23.4 Å². The number of hydrogen-bond donors (Lipinski definition) is 2. The van der Waals surface area contributed by atoms with E-state index in [0.29, 0.717) is 41.4 Å². The largest absolute Gasteiger partial charge is 0.493 e. The second-order valence-electron chi connectivity index (χ2n) is 10.3. The van der Waals surface area contributed by atoms with Crippen LogP contribution in [-0.2, 0) is 20.8 Å². The quantitative estimate of drug-likeness (QED) is 0.286. The Kier molecular flexibility index (Phi) is 10.5. The maximum atomic E-state index is 14.2. The number of methoxy groups -OCH3 is 2. The van der Waals surface area contributed by atoms with Crippen LogP contribution in [0.25, 0.3) is 0 Å². The summed E-state index contributed by atoms with van der Waals surface area (Å²) >= 11 is 0. The van der Waals surface area contributed by atoms with Crippen molar-refractivity contribution in [2.75, 3.05) is 24.4 Å². The van der Waals surface area contributed by atoms with Crippen LogP contribution in [0.4, 0.5) is 11.5 Å². The Morgan fingerprint density at radius 1 is 1.02 bits per heavy atom. The van der Waals surface area contributed by atoms with Crippen LogP contribution in [0.1, 0.15) is 69.9 Å². The third-order valence-electron chi connectivity index (χ3n) is 6.94. The average Bonchev–Trinajstić information content (AvgIpc) is 3.37. The first kappa shape index (κ1) is 31.2. The van der Waals surface area contributed by atoms with Crippen LogP contribution in [0.5, 0.6) is 11.5 Å². The number of carbonyl (C=O) groups excluding carboxylic acids is 3. The number of ether oxygens (including phenoxy) is 2. The highest BCUT2D eigenvalue weighted by Gasteiger charge is 2.38. The number of nitrogens with zero attached hydrogens (tertiary/aromatic N) is 2. The highest BCUT2D eigenvalue weighted by molar-refractivity contribution is 6.04. The Bertz CT molecular complexity index is 1370. The van der Waals surface area contributed by atoms with E-state index in [1.807, 2.05) is 52.0 Å². The number of rotatable bonds is 13. The van der Waals surface area contributed by atoms with Gasteiger partial charge in [0.25, 0.3) is 0 Å². The van der Waals surface area contributed by atoms with E-state index in [2.05, 4.69) is 15.8 Å². The number of para-hydroxylation sites is 2. The normalized spacial score (nSPS) is 11.9. The summed E-state index contributed by atoms with van der Waals surface area (Å²) < 4.78 is 16.3. The minimum Gasteiger partial charge on any atom is -0.493 e. The fraction of sp³-hybridized carbons (Fsp3) is 0.419. The van der Waals surface area contributed by atoms with Crippen molar-refractivity contribution in [3.63, 3.8) is 0 Å². The number of anilines is 2. The van der Waals surface area contributed by atoms with Crippen LogP contribution in [0.3, 0.4) is 0 Å². The molecule has 0 saturated heterocycles. The zero-order valence-electron chi connectivity index (χ0n) is 24.9. The lowest BCUT2D eigenvalue weighted by molar-refractivity contribution is -0.128. The summed E-state index contributed by atoms with van der Waals surface area (Å²) in [5.74, 6) is 0.402. The van der Waals surface area contributed by atoms with Crippen molar-refractivity contribution in [2.45, 2.75) is 71.9 Å². The third kappa shape index (κ3) is 7.65. The van der Waals surface area contributed by atoms with Gasteiger partial charge in [0.15, 0.2) is 17.3 Å². The minimum atomic E-state index is -1.12. The van der Waals surface area contributed by atoms with Crippen molar-refractivity contribution in [3.8, 4) is 11.5 Å². The maximum Gasteiger partial charge on any atom is 0.248 e. The molecule has 0 fully saturated rings. The van der Waals surface area contributed by atoms with Gasteiger partial charge in [-0.15, -0.1) is 0 Å². The van der Waals surface area contributed by atoms with Gasteiger partial charge in [0.1, 0.15) is 11.8 Å². The molecule has 1 atom stereocenters. The van der Waals surface area contributed by atoms with Crippen molar-refractivity contribution in [3.05, 3.63) is 65.4 Å². The van der Waals surface area contributed by atoms with E-state index in [9.17, 15) is 14.4 Å². The molecule has 41 heavy (non-hydrogen) atoms. The molecule has 1 aromatic heterocycles. The van der Waals surface area contributed by atoms with Gasteiger partial charge in [0.05, 0.1) is 14.2 Å². The standard InChI is InChI=1S/C31H40N4O6/c1-8-21-13-10-11-15-23(21)35(27(37)18-17-26(36)32-25-19-20(3)41-34-25)28(30(38)33-31(4,5)9-2)22-14-12-16-24(39-6)29(22)40-7/h10-16,19,28H,8-9,17-18H2,1-7H3,(H,33,38)(H,32,34,36). The summed E-state index contributed by atoms with van der Waals surface area (Å²) in [4.78, 5) is 42.5. The molecule has 3 aromatic rings. The summed E-state index contributed by atoms with van der Waals surface area (Å²) in [6.45, 7) is 9.52. The molecule has 0 radical (unpaired) electrons. The van der Waals surface area contributed by atoms with Gasteiger partial charge >= 0.3 is 0 Å². The van der Waals surface area contributed by atoms with Gasteiger partial charge < -0.3 is 24.6 Å². The molecular weight excluding hydrogens is 524 g/mol. The first-order valence-electron chi connectivity index (χ1n) is 13.7. The molecule has 2 aromatic carbocycles. The lowest BCUT2D eigenvalue weighted by Gasteiger charge is -2.36. The molecule has 0 bridgehead atoms. The highest BCUT2D eigenvalue weighted by Crippen LogP contribution is 2.40. The molecular formula is C31H40N4O6. The van der Waals surface area contributed by atoms with Crippen molar-refractivity contribution in [2.24, 2.45) is 0 Å². The molecule has 2 N–H and O–H groups in total. The Morgan fingerprint density at radius 2 is 1.76 bits per heavy atom. The predicted octanol–water partition coefficient (Wildman–Crippen LogP) is 5.36. The zero-order chi connectivity index (χ0) is 30.2.